The topological polar surface area (TPSA) is 69.6 Å². The molecule has 0 aliphatic rings. The number of halogens is 1. The van der Waals surface area contributed by atoms with Crippen LogP contribution in [0.1, 0.15) is 0 Å². The quantitative estimate of drug-likeness (QED) is 0.738. The van der Waals surface area contributed by atoms with E-state index in [1.54, 1.807) is 4.68 Å². The molecule has 0 saturated heterocycles. The highest BCUT2D eigenvalue weighted by Crippen LogP contribution is 2.22. The molecule has 0 atom stereocenters. The second kappa shape index (κ2) is 4.81. The number of hydrogen-bond donors (Lipinski definition) is 1. The monoisotopic (exact) mass is 315 g/mol. The van der Waals surface area contributed by atoms with E-state index in [9.17, 15) is 0 Å². The summed E-state index contributed by atoms with van der Waals surface area (Å²) in [5.74, 6) is 0.662. The average molecular weight is 316 g/mol. The number of rotatable bonds is 2. The highest BCUT2D eigenvalue weighted by molar-refractivity contribution is 9.10. The lowest BCUT2D eigenvalue weighted by Gasteiger charge is -2.05. The highest BCUT2D eigenvalue weighted by Gasteiger charge is 2.10. The van der Waals surface area contributed by atoms with Crippen LogP contribution in [0.5, 0.6) is 0 Å². The van der Waals surface area contributed by atoms with E-state index >= 15 is 0 Å². The molecule has 0 amide bonds. The molecule has 1 heterocycles. The molecule has 1 aromatic heterocycles. The van der Waals surface area contributed by atoms with Gasteiger partial charge in [0.2, 0.25) is 0 Å². The van der Waals surface area contributed by atoms with Crippen LogP contribution in [0.3, 0.4) is 0 Å². The summed E-state index contributed by atoms with van der Waals surface area (Å²) in [5.41, 5.74) is 8.25. The summed E-state index contributed by atoms with van der Waals surface area (Å²) in [6.45, 7) is 0. The summed E-state index contributed by atoms with van der Waals surface area (Å²) in [5, 5.41) is 11.8. The molecule has 0 fully saturated rings. The van der Waals surface area contributed by atoms with Gasteiger partial charge in [0, 0.05) is 15.7 Å². The van der Waals surface area contributed by atoms with Crippen molar-refractivity contribution in [3.63, 3.8) is 0 Å². The Bertz CT molecular complexity index is 705. The van der Waals surface area contributed by atoms with Gasteiger partial charge in [-0.25, -0.2) is 0 Å². The number of anilines is 1. The van der Waals surface area contributed by atoms with Gasteiger partial charge in [0.05, 0.1) is 5.69 Å². The van der Waals surface area contributed by atoms with Gasteiger partial charge < -0.3 is 5.73 Å². The Balaban J connectivity index is 2.10. The van der Waals surface area contributed by atoms with Gasteiger partial charge in [-0.3, -0.25) is 0 Å². The zero-order valence-electron chi connectivity index (χ0n) is 9.86. The maximum Gasteiger partial charge on any atom is 0.187 e. The minimum Gasteiger partial charge on any atom is -0.399 e. The standard InChI is InChI=1S/C13H10BrN5/c14-10-4-6-12(7-5-10)19-13(16-17-18-19)9-2-1-3-11(15)8-9/h1-8H,15H2. The molecular formula is C13H10BrN5. The van der Waals surface area contributed by atoms with Crippen LogP contribution in [-0.4, -0.2) is 20.2 Å². The Kier molecular flexibility index (Phi) is 3.00. The molecule has 5 nitrogen and oxygen atoms in total. The Morgan fingerprint density at radius 3 is 2.58 bits per heavy atom. The van der Waals surface area contributed by atoms with Gasteiger partial charge in [-0.1, -0.05) is 28.1 Å². The summed E-state index contributed by atoms with van der Waals surface area (Å²) >= 11 is 3.40. The molecule has 19 heavy (non-hydrogen) atoms. The molecule has 0 aliphatic heterocycles. The van der Waals surface area contributed by atoms with Gasteiger partial charge in [-0.15, -0.1) is 5.10 Å². The van der Waals surface area contributed by atoms with Crippen molar-refractivity contribution in [3.05, 3.63) is 53.0 Å². The molecule has 0 bridgehead atoms. The van der Waals surface area contributed by atoms with Crippen LogP contribution in [0, 0.1) is 0 Å². The van der Waals surface area contributed by atoms with E-state index in [1.165, 1.54) is 0 Å². The molecule has 3 aromatic rings. The molecule has 0 radical (unpaired) electrons. The number of nitrogens with two attached hydrogens (primary N) is 1. The fraction of sp³-hybridized carbons (Fsp3) is 0. The van der Waals surface area contributed by atoms with Gasteiger partial charge in [0.1, 0.15) is 0 Å². The van der Waals surface area contributed by atoms with Crippen molar-refractivity contribution >= 4 is 21.6 Å². The van der Waals surface area contributed by atoms with Gasteiger partial charge in [-0.2, -0.15) is 4.68 Å². The van der Waals surface area contributed by atoms with Crippen molar-refractivity contribution < 1.29 is 0 Å². The smallest absolute Gasteiger partial charge is 0.187 e. The molecule has 6 heteroatoms. The lowest BCUT2D eigenvalue weighted by molar-refractivity contribution is 0.791. The predicted octanol–water partition coefficient (Wildman–Crippen LogP) is 2.67. The van der Waals surface area contributed by atoms with Crippen LogP contribution in [-0.2, 0) is 0 Å². The first kappa shape index (κ1) is 11.9. The molecular weight excluding hydrogens is 306 g/mol. The van der Waals surface area contributed by atoms with Crippen molar-refractivity contribution in [1.29, 1.82) is 0 Å². The van der Waals surface area contributed by atoms with Crippen molar-refractivity contribution in [3.8, 4) is 17.1 Å². The number of benzene rings is 2. The van der Waals surface area contributed by atoms with Crippen molar-refractivity contribution in [2.24, 2.45) is 0 Å². The second-order valence-corrected chi connectivity index (χ2v) is 4.93. The van der Waals surface area contributed by atoms with Crippen LogP contribution in [0.2, 0.25) is 0 Å². The highest BCUT2D eigenvalue weighted by atomic mass is 79.9. The van der Waals surface area contributed by atoms with Crippen molar-refractivity contribution in [2.45, 2.75) is 0 Å². The molecule has 0 unspecified atom stereocenters. The minimum atomic E-state index is 0.662. The zero-order chi connectivity index (χ0) is 13.2. The summed E-state index contributed by atoms with van der Waals surface area (Å²) in [6, 6.07) is 15.3. The minimum absolute atomic E-state index is 0.662. The SMILES string of the molecule is Nc1cccc(-c2nnnn2-c2ccc(Br)cc2)c1. The first-order chi connectivity index (χ1) is 9.24. The van der Waals surface area contributed by atoms with Crippen molar-refractivity contribution in [2.75, 3.05) is 5.73 Å². The Labute approximate surface area is 118 Å². The summed E-state index contributed by atoms with van der Waals surface area (Å²) in [7, 11) is 0. The first-order valence-electron chi connectivity index (χ1n) is 5.64. The summed E-state index contributed by atoms with van der Waals surface area (Å²) in [6.07, 6.45) is 0. The van der Waals surface area contributed by atoms with E-state index in [0.717, 1.165) is 15.7 Å². The first-order valence-corrected chi connectivity index (χ1v) is 6.43. The lowest BCUT2D eigenvalue weighted by Crippen LogP contribution is -1.99. The number of nitrogens with zero attached hydrogens (tertiary/aromatic N) is 4. The molecule has 0 saturated carbocycles. The molecule has 3 rings (SSSR count). The van der Waals surface area contributed by atoms with Gasteiger partial charge >= 0.3 is 0 Å². The third-order valence-corrected chi connectivity index (χ3v) is 3.21. The Hall–Kier alpha value is -2.21. The van der Waals surface area contributed by atoms with E-state index in [-0.39, 0.29) is 0 Å². The van der Waals surface area contributed by atoms with Crippen LogP contribution in [0.4, 0.5) is 5.69 Å². The number of tetrazole rings is 1. The van der Waals surface area contributed by atoms with Gasteiger partial charge in [0.15, 0.2) is 5.82 Å². The maximum absolute atomic E-state index is 5.79. The fourth-order valence-electron chi connectivity index (χ4n) is 1.80. The van der Waals surface area contributed by atoms with E-state index in [2.05, 4.69) is 31.5 Å². The summed E-state index contributed by atoms with van der Waals surface area (Å²) in [4.78, 5) is 0. The van der Waals surface area contributed by atoms with E-state index in [4.69, 9.17) is 5.73 Å². The van der Waals surface area contributed by atoms with Crippen LogP contribution >= 0.6 is 15.9 Å². The number of nitrogen functional groups attached to an aromatic ring is 1. The van der Waals surface area contributed by atoms with E-state index in [1.807, 2.05) is 48.5 Å². The third kappa shape index (κ3) is 2.34. The summed E-state index contributed by atoms with van der Waals surface area (Å²) < 4.78 is 2.69. The fourth-order valence-corrected chi connectivity index (χ4v) is 2.07. The zero-order valence-corrected chi connectivity index (χ0v) is 11.4. The Morgan fingerprint density at radius 2 is 1.84 bits per heavy atom. The van der Waals surface area contributed by atoms with Gasteiger partial charge in [0.25, 0.3) is 0 Å². The predicted molar refractivity (Wildman–Crippen MR) is 76.7 cm³/mol. The average Bonchev–Trinajstić information content (AvgIpc) is 2.89. The number of hydrogen-bond acceptors (Lipinski definition) is 4. The molecule has 94 valence electrons. The molecule has 0 aliphatic carbocycles. The number of aromatic nitrogens is 4. The lowest BCUT2D eigenvalue weighted by atomic mass is 10.2. The van der Waals surface area contributed by atoms with E-state index < -0.39 is 0 Å². The maximum atomic E-state index is 5.79. The van der Waals surface area contributed by atoms with Crippen LogP contribution in [0.25, 0.3) is 17.1 Å². The second-order valence-electron chi connectivity index (χ2n) is 4.02. The van der Waals surface area contributed by atoms with Gasteiger partial charge in [-0.05, 0) is 46.8 Å². The van der Waals surface area contributed by atoms with Crippen LogP contribution in [0.15, 0.2) is 53.0 Å². The van der Waals surface area contributed by atoms with Crippen molar-refractivity contribution in [1.82, 2.24) is 20.2 Å². The largest absolute Gasteiger partial charge is 0.399 e. The molecule has 0 spiro atoms. The Morgan fingerprint density at radius 1 is 1.05 bits per heavy atom. The van der Waals surface area contributed by atoms with E-state index in [0.29, 0.717) is 11.5 Å². The molecule has 2 N–H and O–H groups in total. The third-order valence-electron chi connectivity index (χ3n) is 2.69. The normalized spacial score (nSPS) is 10.6. The van der Waals surface area contributed by atoms with Crippen LogP contribution < -0.4 is 5.73 Å². The molecule has 2 aromatic carbocycles.